The van der Waals surface area contributed by atoms with Gasteiger partial charge < -0.3 is 21.0 Å². The van der Waals surface area contributed by atoms with Crippen molar-refractivity contribution < 1.29 is 4.79 Å². The molecule has 0 atom stereocenters. The number of anilines is 1. The number of hydrogen-bond donors (Lipinski definition) is 4. The Bertz CT molecular complexity index is 992. The van der Waals surface area contributed by atoms with E-state index in [1.165, 1.54) is 0 Å². The van der Waals surface area contributed by atoms with Gasteiger partial charge in [0.05, 0.1) is 5.39 Å². The summed E-state index contributed by atoms with van der Waals surface area (Å²) in [6.07, 6.45) is 4.61. The van der Waals surface area contributed by atoms with Gasteiger partial charge in [0.25, 0.3) is 5.91 Å². The highest BCUT2D eigenvalue weighted by atomic mass is 16.1. The summed E-state index contributed by atoms with van der Waals surface area (Å²) in [5, 5.41) is 4.40. The maximum atomic E-state index is 10.3. The number of nitrogens with zero attached hydrogens (tertiary/aromatic N) is 2. The standard InChI is InChI=1S/C15H16N4.C5H6N2O/c1-2-9-16-14-12-8-10-17-15(12)19-13(18-14)11-6-4-3-5-7-11;6-5(8)4-2-1-3-7-4/h3-8,10H,2,9H2,1H3,(H2,16,17,18,19);1-3,7H,(H2,6,8). The number of aromatic amines is 2. The van der Waals surface area contributed by atoms with Crippen LogP contribution < -0.4 is 11.1 Å². The summed E-state index contributed by atoms with van der Waals surface area (Å²) in [5.74, 6) is 1.22. The monoisotopic (exact) mass is 362 g/mol. The van der Waals surface area contributed by atoms with Gasteiger partial charge in [-0.05, 0) is 24.6 Å². The van der Waals surface area contributed by atoms with Crippen LogP contribution in [0.15, 0.2) is 60.9 Å². The third-order valence-electron chi connectivity index (χ3n) is 3.85. The van der Waals surface area contributed by atoms with Crippen molar-refractivity contribution >= 4 is 22.8 Å². The molecule has 0 fully saturated rings. The smallest absolute Gasteiger partial charge is 0.265 e. The molecule has 3 aromatic heterocycles. The van der Waals surface area contributed by atoms with Crippen LogP contribution in [0, 0.1) is 0 Å². The highest BCUT2D eigenvalue weighted by Gasteiger charge is 2.09. The molecule has 0 radical (unpaired) electrons. The first-order valence-electron chi connectivity index (χ1n) is 8.76. The Labute approximate surface area is 157 Å². The van der Waals surface area contributed by atoms with E-state index in [9.17, 15) is 4.79 Å². The first kappa shape index (κ1) is 18.2. The van der Waals surface area contributed by atoms with Gasteiger partial charge in [-0.3, -0.25) is 4.79 Å². The molecule has 0 spiro atoms. The van der Waals surface area contributed by atoms with Crippen LogP contribution in [-0.2, 0) is 0 Å². The van der Waals surface area contributed by atoms with Crippen LogP contribution in [0.25, 0.3) is 22.4 Å². The third-order valence-corrected chi connectivity index (χ3v) is 3.85. The number of carbonyl (C=O) groups is 1. The molecular formula is C20H22N6O. The van der Waals surface area contributed by atoms with Gasteiger partial charge in [0.1, 0.15) is 17.2 Å². The lowest BCUT2D eigenvalue weighted by Crippen LogP contribution is -2.10. The van der Waals surface area contributed by atoms with Gasteiger partial charge in [-0.15, -0.1) is 0 Å². The minimum absolute atomic E-state index is 0.421. The fourth-order valence-electron chi connectivity index (χ4n) is 2.52. The van der Waals surface area contributed by atoms with E-state index < -0.39 is 5.91 Å². The van der Waals surface area contributed by atoms with Gasteiger partial charge in [0.2, 0.25) is 0 Å². The molecule has 7 heteroatoms. The topological polar surface area (TPSA) is 112 Å². The van der Waals surface area contributed by atoms with E-state index in [0.29, 0.717) is 5.69 Å². The Morgan fingerprint density at radius 3 is 2.48 bits per heavy atom. The maximum absolute atomic E-state index is 10.3. The molecule has 0 unspecified atom stereocenters. The number of H-pyrrole nitrogens is 2. The summed E-state index contributed by atoms with van der Waals surface area (Å²) in [7, 11) is 0. The van der Waals surface area contributed by atoms with E-state index in [0.717, 1.165) is 41.2 Å². The molecule has 7 nitrogen and oxygen atoms in total. The van der Waals surface area contributed by atoms with Crippen LogP contribution >= 0.6 is 0 Å². The van der Waals surface area contributed by atoms with E-state index in [1.807, 2.05) is 42.6 Å². The number of benzene rings is 1. The van der Waals surface area contributed by atoms with Crippen molar-refractivity contribution in [2.45, 2.75) is 13.3 Å². The van der Waals surface area contributed by atoms with Crippen LogP contribution in [0.5, 0.6) is 0 Å². The fraction of sp³-hybridized carbons (Fsp3) is 0.150. The van der Waals surface area contributed by atoms with Gasteiger partial charge >= 0.3 is 0 Å². The Kier molecular flexibility index (Phi) is 5.84. The average Bonchev–Trinajstić information content (AvgIpc) is 3.39. The molecule has 5 N–H and O–H groups in total. The second-order valence-corrected chi connectivity index (χ2v) is 5.88. The zero-order valence-corrected chi connectivity index (χ0v) is 15.1. The predicted octanol–water partition coefficient (Wildman–Crippen LogP) is 3.56. The van der Waals surface area contributed by atoms with Crippen LogP contribution in [0.1, 0.15) is 23.8 Å². The first-order valence-corrected chi connectivity index (χ1v) is 8.76. The van der Waals surface area contributed by atoms with Crippen molar-refractivity contribution in [3.63, 3.8) is 0 Å². The molecule has 27 heavy (non-hydrogen) atoms. The second-order valence-electron chi connectivity index (χ2n) is 5.88. The number of primary amides is 1. The summed E-state index contributed by atoms with van der Waals surface area (Å²) in [6, 6.07) is 15.4. The molecule has 0 saturated carbocycles. The Balaban J connectivity index is 0.000000221. The van der Waals surface area contributed by atoms with Crippen molar-refractivity contribution in [3.8, 4) is 11.4 Å². The lowest BCUT2D eigenvalue weighted by atomic mass is 10.2. The van der Waals surface area contributed by atoms with Gasteiger partial charge in [0.15, 0.2) is 5.82 Å². The SMILES string of the molecule is CCCNc1nc(-c2ccccc2)nc2[nH]ccc12.NC(=O)c1ccc[nH]1. The molecule has 0 aliphatic carbocycles. The Hall–Kier alpha value is -3.61. The second kappa shape index (κ2) is 8.66. The fourth-order valence-corrected chi connectivity index (χ4v) is 2.52. The summed E-state index contributed by atoms with van der Waals surface area (Å²) in [6.45, 7) is 3.05. The molecule has 0 aliphatic heterocycles. The Morgan fingerprint density at radius 2 is 1.85 bits per heavy atom. The van der Waals surface area contributed by atoms with Crippen molar-refractivity contribution in [3.05, 3.63) is 66.6 Å². The van der Waals surface area contributed by atoms with Crippen LogP contribution in [-0.4, -0.2) is 32.4 Å². The lowest BCUT2D eigenvalue weighted by molar-refractivity contribution is 0.0996. The summed E-state index contributed by atoms with van der Waals surface area (Å²) in [4.78, 5) is 25.3. The highest BCUT2D eigenvalue weighted by molar-refractivity contribution is 5.90. The number of amides is 1. The van der Waals surface area contributed by atoms with Crippen LogP contribution in [0.2, 0.25) is 0 Å². The van der Waals surface area contributed by atoms with Crippen LogP contribution in [0.3, 0.4) is 0 Å². The third kappa shape index (κ3) is 4.52. The molecule has 4 rings (SSSR count). The van der Waals surface area contributed by atoms with Crippen molar-refractivity contribution in [2.24, 2.45) is 5.73 Å². The molecule has 1 aromatic carbocycles. The molecule has 0 bridgehead atoms. The van der Waals surface area contributed by atoms with Crippen molar-refractivity contribution in [1.29, 1.82) is 0 Å². The summed E-state index contributed by atoms with van der Waals surface area (Å²) in [5.41, 5.74) is 7.23. The lowest BCUT2D eigenvalue weighted by Gasteiger charge is -2.07. The zero-order chi connectivity index (χ0) is 19.1. The van der Waals surface area contributed by atoms with Crippen LogP contribution in [0.4, 0.5) is 5.82 Å². The van der Waals surface area contributed by atoms with E-state index in [-0.39, 0.29) is 0 Å². The number of carbonyl (C=O) groups excluding carboxylic acids is 1. The number of aromatic nitrogens is 4. The number of nitrogens with one attached hydrogen (secondary N) is 3. The number of rotatable bonds is 5. The number of hydrogen-bond acceptors (Lipinski definition) is 4. The molecule has 0 aliphatic rings. The van der Waals surface area contributed by atoms with Gasteiger partial charge in [0, 0.05) is 24.5 Å². The Morgan fingerprint density at radius 1 is 1.04 bits per heavy atom. The van der Waals surface area contributed by atoms with E-state index in [1.54, 1.807) is 18.3 Å². The molecule has 3 heterocycles. The minimum atomic E-state index is -0.421. The quantitative estimate of drug-likeness (QED) is 0.435. The van der Waals surface area contributed by atoms with Crippen molar-refractivity contribution in [2.75, 3.05) is 11.9 Å². The molecular weight excluding hydrogens is 340 g/mol. The average molecular weight is 362 g/mol. The van der Waals surface area contributed by atoms with Gasteiger partial charge in [-0.25, -0.2) is 9.97 Å². The summed E-state index contributed by atoms with van der Waals surface area (Å²) < 4.78 is 0. The minimum Gasteiger partial charge on any atom is -0.369 e. The van der Waals surface area contributed by atoms with E-state index in [2.05, 4.69) is 32.2 Å². The molecule has 1 amide bonds. The van der Waals surface area contributed by atoms with Crippen molar-refractivity contribution in [1.82, 2.24) is 19.9 Å². The zero-order valence-electron chi connectivity index (χ0n) is 15.1. The maximum Gasteiger partial charge on any atom is 0.265 e. The largest absolute Gasteiger partial charge is 0.369 e. The van der Waals surface area contributed by atoms with Gasteiger partial charge in [-0.2, -0.15) is 0 Å². The van der Waals surface area contributed by atoms with E-state index in [4.69, 9.17) is 5.73 Å². The highest BCUT2D eigenvalue weighted by Crippen LogP contribution is 2.23. The van der Waals surface area contributed by atoms with Gasteiger partial charge in [-0.1, -0.05) is 37.3 Å². The molecule has 138 valence electrons. The molecule has 0 saturated heterocycles. The normalized spacial score (nSPS) is 10.3. The first-order chi connectivity index (χ1) is 13.2. The number of fused-ring (bicyclic) bond motifs is 1. The summed E-state index contributed by atoms with van der Waals surface area (Å²) >= 11 is 0. The predicted molar refractivity (Wildman–Crippen MR) is 107 cm³/mol. The van der Waals surface area contributed by atoms with E-state index >= 15 is 0 Å². The molecule has 4 aromatic rings. The number of nitrogens with two attached hydrogens (primary N) is 1.